The van der Waals surface area contributed by atoms with Crippen molar-refractivity contribution in [1.82, 2.24) is 0 Å². The van der Waals surface area contributed by atoms with Crippen LogP contribution in [0.25, 0.3) is 0 Å². The van der Waals surface area contributed by atoms with Crippen LogP contribution in [0.5, 0.6) is 0 Å². The Morgan fingerprint density at radius 3 is 1.96 bits per heavy atom. The SMILES string of the molecule is Cc1cc2c3c(c1)N1c4c(cccc4C4(C)CCCCC14C)B3c1ccc3cc1N2c1cccc(c1)C(C)(C)c1cccc(c1)N3c1ccccc1. The summed E-state index contributed by atoms with van der Waals surface area (Å²) in [6.07, 6.45) is 5.02. The Balaban J connectivity index is 1.26. The highest BCUT2D eigenvalue weighted by Crippen LogP contribution is 2.61. The van der Waals surface area contributed by atoms with Gasteiger partial charge in [-0.2, -0.15) is 0 Å². The minimum Gasteiger partial charge on any atom is -0.335 e. The van der Waals surface area contributed by atoms with Crippen LogP contribution in [0.15, 0.2) is 127 Å². The lowest BCUT2D eigenvalue weighted by Gasteiger charge is -2.53. The van der Waals surface area contributed by atoms with E-state index < -0.39 is 0 Å². The van der Waals surface area contributed by atoms with Gasteiger partial charge in [-0.3, -0.25) is 0 Å². The van der Waals surface area contributed by atoms with Gasteiger partial charge in [0, 0.05) is 56.3 Å². The van der Waals surface area contributed by atoms with Gasteiger partial charge in [0.1, 0.15) is 0 Å². The zero-order valence-electron chi connectivity index (χ0n) is 30.9. The van der Waals surface area contributed by atoms with Crippen molar-refractivity contribution in [2.75, 3.05) is 14.7 Å². The fraction of sp³-hybridized carbons (Fsp3) is 0.250. The second-order valence-electron chi connectivity index (χ2n) is 17.0. The number of rotatable bonds is 1. The van der Waals surface area contributed by atoms with Gasteiger partial charge in [-0.1, -0.05) is 100 Å². The van der Waals surface area contributed by atoms with Crippen molar-refractivity contribution in [2.24, 2.45) is 0 Å². The van der Waals surface area contributed by atoms with Gasteiger partial charge in [-0.15, -0.1) is 0 Å². The van der Waals surface area contributed by atoms with Crippen LogP contribution in [0.3, 0.4) is 0 Å². The van der Waals surface area contributed by atoms with E-state index in [9.17, 15) is 0 Å². The molecule has 0 spiro atoms. The number of hydrogen-bond acceptors (Lipinski definition) is 3. The molecule has 6 aromatic rings. The van der Waals surface area contributed by atoms with Crippen molar-refractivity contribution in [1.29, 1.82) is 0 Å². The van der Waals surface area contributed by atoms with Gasteiger partial charge in [-0.05, 0) is 126 Å². The number of para-hydroxylation sites is 2. The number of benzene rings is 6. The van der Waals surface area contributed by atoms with E-state index in [1.165, 1.54) is 98.6 Å². The van der Waals surface area contributed by atoms with Gasteiger partial charge in [0.25, 0.3) is 6.71 Å². The smallest absolute Gasteiger partial charge is 0.252 e. The lowest BCUT2D eigenvalue weighted by Crippen LogP contribution is -2.64. The largest absolute Gasteiger partial charge is 0.335 e. The van der Waals surface area contributed by atoms with E-state index in [0.717, 1.165) is 5.69 Å². The Morgan fingerprint density at radius 2 is 1.19 bits per heavy atom. The summed E-state index contributed by atoms with van der Waals surface area (Å²) in [5.74, 6) is 0. The second-order valence-corrected chi connectivity index (χ2v) is 17.0. The number of aryl methyl sites for hydroxylation is 1. The first kappa shape index (κ1) is 30.4. The predicted octanol–water partition coefficient (Wildman–Crippen LogP) is 10.5. The monoisotopic (exact) mass is 673 g/mol. The highest BCUT2D eigenvalue weighted by atomic mass is 15.3. The van der Waals surface area contributed by atoms with Gasteiger partial charge in [0.05, 0.1) is 5.54 Å². The Morgan fingerprint density at radius 1 is 0.538 bits per heavy atom. The number of fused-ring (bicyclic) bond motifs is 13. The molecule has 6 aromatic carbocycles. The molecule has 254 valence electrons. The Hall–Kier alpha value is -5.22. The highest BCUT2D eigenvalue weighted by Gasteiger charge is 2.61. The maximum absolute atomic E-state index is 2.83. The molecule has 0 N–H and O–H groups in total. The van der Waals surface area contributed by atoms with Crippen molar-refractivity contribution >= 4 is 68.6 Å². The van der Waals surface area contributed by atoms with Crippen molar-refractivity contribution in [3.05, 3.63) is 150 Å². The first-order valence-corrected chi connectivity index (χ1v) is 19.3. The highest BCUT2D eigenvalue weighted by molar-refractivity contribution is 7.00. The first-order chi connectivity index (χ1) is 25.2. The average Bonchev–Trinajstić information content (AvgIpc) is 3.37. The summed E-state index contributed by atoms with van der Waals surface area (Å²) in [5.41, 5.74) is 19.9. The number of nitrogens with zero attached hydrogens (tertiary/aromatic N) is 3. The molecule has 6 bridgehead atoms. The lowest BCUT2D eigenvalue weighted by molar-refractivity contribution is 0.195. The van der Waals surface area contributed by atoms with Crippen LogP contribution in [0, 0.1) is 6.92 Å². The topological polar surface area (TPSA) is 9.72 Å². The number of anilines is 8. The van der Waals surface area contributed by atoms with Crippen LogP contribution in [0.1, 0.15) is 75.6 Å². The van der Waals surface area contributed by atoms with Gasteiger partial charge < -0.3 is 14.7 Å². The fourth-order valence-electron chi connectivity index (χ4n) is 11.1. The minimum atomic E-state index is -0.209. The molecular weight excluding hydrogens is 629 g/mol. The van der Waals surface area contributed by atoms with E-state index in [2.05, 4.69) is 177 Å². The maximum atomic E-state index is 2.83. The van der Waals surface area contributed by atoms with Gasteiger partial charge in [0.2, 0.25) is 0 Å². The third-order valence-electron chi connectivity index (χ3n) is 14.0. The molecule has 0 amide bonds. The lowest BCUT2D eigenvalue weighted by atomic mass is 9.33. The molecule has 3 nitrogen and oxygen atoms in total. The first-order valence-electron chi connectivity index (χ1n) is 19.3. The quantitative estimate of drug-likeness (QED) is 0.161. The Bertz CT molecular complexity index is 2480. The fourth-order valence-corrected chi connectivity index (χ4v) is 11.1. The third kappa shape index (κ3) is 3.73. The minimum absolute atomic E-state index is 0.0229. The molecule has 2 unspecified atom stereocenters. The summed E-state index contributed by atoms with van der Waals surface area (Å²) < 4.78 is 0. The van der Waals surface area contributed by atoms with Crippen molar-refractivity contribution < 1.29 is 0 Å². The van der Waals surface area contributed by atoms with Crippen molar-refractivity contribution in [3.8, 4) is 0 Å². The van der Waals surface area contributed by atoms with Crippen LogP contribution in [0.4, 0.5) is 45.5 Å². The molecule has 1 fully saturated rings. The van der Waals surface area contributed by atoms with E-state index >= 15 is 0 Å². The summed E-state index contributed by atoms with van der Waals surface area (Å²) in [6, 6.07) is 49.0. The summed E-state index contributed by atoms with van der Waals surface area (Å²) in [6.45, 7) is 12.3. The molecule has 0 aromatic heterocycles. The van der Waals surface area contributed by atoms with E-state index in [0.29, 0.717) is 0 Å². The molecule has 0 radical (unpaired) electrons. The molecular formula is C48H44BN3. The van der Waals surface area contributed by atoms with E-state index in [1.54, 1.807) is 5.56 Å². The van der Waals surface area contributed by atoms with Crippen molar-refractivity contribution in [2.45, 2.75) is 76.7 Å². The molecule has 4 heterocycles. The van der Waals surface area contributed by atoms with Crippen LogP contribution in [-0.2, 0) is 10.8 Å². The normalized spacial score (nSPS) is 22.6. The summed E-state index contributed by atoms with van der Waals surface area (Å²) in [4.78, 5) is 7.88. The Kier molecular flexibility index (Phi) is 5.98. The molecule has 11 rings (SSSR count). The molecule has 0 saturated heterocycles. The second kappa shape index (κ2) is 10.2. The summed E-state index contributed by atoms with van der Waals surface area (Å²) >= 11 is 0. The molecule has 1 aliphatic carbocycles. The third-order valence-corrected chi connectivity index (χ3v) is 14.0. The van der Waals surface area contributed by atoms with Gasteiger partial charge in [-0.25, -0.2) is 0 Å². The molecule has 4 aliphatic heterocycles. The van der Waals surface area contributed by atoms with Crippen molar-refractivity contribution in [3.63, 3.8) is 0 Å². The molecule has 1 saturated carbocycles. The predicted molar refractivity (Wildman–Crippen MR) is 220 cm³/mol. The Labute approximate surface area is 308 Å². The molecule has 5 aliphatic rings. The average molecular weight is 674 g/mol. The van der Waals surface area contributed by atoms with Crippen LogP contribution >= 0.6 is 0 Å². The van der Waals surface area contributed by atoms with Gasteiger partial charge in [0.15, 0.2) is 0 Å². The van der Waals surface area contributed by atoms with Crippen LogP contribution < -0.4 is 31.1 Å². The van der Waals surface area contributed by atoms with E-state index in [4.69, 9.17) is 0 Å². The maximum Gasteiger partial charge on any atom is 0.252 e. The molecule has 2 atom stereocenters. The molecule has 4 heteroatoms. The van der Waals surface area contributed by atoms with Crippen LogP contribution in [0.2, 0.25) is 0 Å². The van der Waals surface area contributed by atoms with Gasteiger partial charge >= 0.3 is 0 Å². The van der Waals surface area contributed by atoms with E-state index in [1.807, 2.05) is 0 Å². The standard InChI is InChI=1S/C48H44BN3/c1-31-26-42-44-43(27-31)52-45-38(47(4)24-9-10-25-48(47,52)5)20-13-21-40(45)49(44)39-23-22-37-30-41(39)51(42)36-19-12-15-33(29-36)46(2,3)32-14-11-18-35(28-32)50(37)34-16-7-6-8-17-34/h6-8,11-23,26-30H,9-10,24-25H2,1-5H3. The zero-order chi connectivity index (χ0) is 35.1. The van der Waals surface area contributed by atoms with Crippen LogP contribution in [-0.4, -0.2) is 12.3 Å². The number of hydrogen-bond donors (Lipinski definition) is 0. The zero-order valence-corrected chi connectivity index (χ0v) is 30.9. The van der Waals surface area contributed by atoms with E-state index in [-0.39, 0.29) is 23.1 Å². The molecule has 52 heavy (non-hydrogen) atoms. The summed E-state index contributed by atoms with van der Waals surface area (Å²) in [5, 5.41) is 0. The summed E-state index contributed by atoms with van der Waals surface area (Å²) in [7, 11) is 0.